The summed E-state index contributed by atoms with van der Waals surface area (Å²) in [4.78, 5) is 23.0. The summed E-state index contributed by atoms with van der Waals surface area (Å²) in [6.07, 6.45) is 5.80. The standard InChI is InChI=1S/C13H23N3O2/c1-9(13(18)16-11-6-7-11)14-8-2-3-12(17)15-10-4-5-10/h9-11,14H,2-8H2,1H3,(H,15,17)(H,16,18). The molecule has 2 fully saturated rings. The number of nitrogens with one attached hydrogen (secondary N) is 3. The number of hydrogen-bond donors (Lipinski definition) is 3. The lowest BCUT2D eigenvalue weighted by atomic mass is 10.2. The molecule has 102 valence electrons. The molecule has 0 aromatic heterocycles. The Morgan fingerprint density at radius 2 is 1.72 bits per heavy atom. The Hall–Kier alpha value is -1.10. The van der Waals surface area contributed by atoms with Crippen molar-refractivity contribution in [2.45, 2.75) is 63.6 Å². The van der Waals surface area contributed by atoms with Crippen molar-refractivity contribution in [3.63, 3.8) is 0 Å². The zero-order chi connectivity index (χ0) is 13.0. The highest BCUT2D eigenvalue weighted by atomic mass is 16.2. The molecule has 18 heavy (non-hydrogen) atoms. The van der Waals surface area contributed by atoms with Crippen LogP contribution in [0.15, 0.2) is 0 Å². The van der Waals surface area contributed by atoms with Crippen LogP contribution in [0.25, 0.3) is 0 Å². The third kappa shape index (κ3) is 5.04. The van der Waals surface area contributed by atoms with Crippen LogP contribution in [-0.4, -0.2) is 36.5 Å². The highest BCUT2D eigenvalue weighted by Gasteiger charge is 2.25. The van der Waals surface area contributed by atoms with Gasteiger partial charge in [0, 0.05) is 18.5 Å². The van der Waals surface area contributed by atoms with Crippen LogP contribution in [0.2, 0.25) is 0 Å². The maximum Gasteiger partial charge on any atom is 0.237 e. The number of carbonyl (C=O) groups is 2. The van der Waals surface area contributed by atoms with E-state index in [1.165, 1.54) is 0 Å². The molecule has 2 amide bonds. The van der Waals surface area contributed by atoms with Gasteiger partial charge < -0.3 is 16.0 Å². The van der Waals surface area contributed by atoms with E-state index in [9.17, 15) is 9.59 Å². The van der Waals surface area contributed by atoms with Crippen LogP contribution in [0.1, 0.15) is 45.4 Å². The lowest BCUT2D eigenvalue weighted by Gasteiger charge is -2.13. The fraction of sp³-hybridized carbons (Fsp3) is 0.846. The molecule has 0 aromatic carbocycles. The highest BCUT2D eigenvalue weighted by molar-refractivity contribution is 5.81. The van der Waals surface area contributed by atoms with Crippen molar-refractivity contribution in [2.75, 3.05) is 6.54 Å². The highest BCUT2D eigenvalue weighted by Crippen LogP contribution is 2.19. The first-order valence-corrected chi connectivity index (χ1v) is 6.98. The van der Waals surface area contributed by atoms with E-state index in [1.807, 2.05) is 6.92 Å². The summed E-state index contributed by atoms with van der Waals surface area (Å²) in [5.41, 5.74) is 0. The van der Waals surface area contributed by atoms with Gasteiger partial charge in [0.05, 0.1) is 6.04 Å². The van der Waals surface area contributed by atoms with Gasteiger partial charge in [-0.25, -0.2) is 0 Å². The number of amides is 2. The van der Waals surface area contributed by atoms with Gasteiger partial charge in [-0.1, -0.05) is 0 Å². The van der Waals surface area contributed by atoms with E-state index in [0.717, 1.165) is 32.1 Å². The van der Waals surface area contributed by atoms with Crippen molar-refractivity contribution >= 4 is 11.8 Å². The SMILES string of the molecule is CC(NCCCC(=O)NC1CC1)C(=O)NC1CC1. The fourth-order valence-corrected chi connectivity index (χ4v) is 1.74. The Bertz CT molecular complexity index is 311. The summed E-state index contributed by atoms with van der Waals surface area (Å²) in [7, 11) is 0. The van der Waals surface area contributed by atoms with Gasteiger partial charge in [0.25, 0.3) is 0 Å². The van der Waals surface area contributed by atoms with Crippen molar-refractivity contribution in [2.24, 2.45) is 0 Å². The van der Waals surface area contributed by atoms with Gasteiger partial charge in [0.15, 0.2) is 0 Å². The summed E-state index contributed by atoms with van der Waals surface area (Å²) < 4.78 is 0. The smallest absolute Gasteiger partial charge is 0.237 e. The Kier molecular flexibility index (Phi) is 4.58. The van der Waals surface area contributed by atoms with E-state index in [2.05, 4.69) is 16.0 Å². The van der Waals surface area contributed by atoms with Crippen molar-refractivity contribution in [1.82, 2.24) is 16.0 Å². The monoisotopic (exact) mass is 253 g/mol. The second-order valence-electron chi connectivity index (χ2n) is 5.40. The molecular weight excluding hydrogens is 230 g/mol. The van der Waals surface area contributed by atoms with Gasteiger partial charge in [0.1, 0.15) is 0 Å². The van der Waals surface area contributed by atoms with E-state index in [-0.39, 0.29) is 17.9 Å². The number of carbonyl (C=O) groups excluding carboxylic acids is 2. The third-order valence-electron chi connectivity index (χ3n) is 3.29. The van der Waals surface area contributed by atoms with Gasteiger partial charge in [-0.15, -0.1) is 0 Å². The van der Waals surface area contributed by atoms with Crippen LogP contribution in [0.3, 0.4) is 0 Å². The molecule has 2 aliphatic rings. The molecule has 0 aromatic rings. The van der Waals surface area contributed by atoms with Gasteiger partial charge in [-0.05, 0) is 45.6 Å². The normalized spacial score (nSPS) is 20.3. The van der Waals surface area contributed by atoms with E-state index in [4.69, 9.17) is 0 Å². The Morgan fingerprint density at radius 3 is 2.33 bits per heavy atom. The molecule has 0 spiro atoms. The average Bonchev–Trinajstić information content (AvgIpc) is 3.19. The summed E-state index contributed by atoms with van der Waals surface area (Å²) in [5.74, 6) is 0.203. The van der Waals surface area contributed by atoms with E-state index < -0.39 is 0 Å². The van der Waals surface area contributed by atoms with E-state index in [0.29, 0.717) is 25.0 Å². The average molecular weight is 253 g/mol. The predicted octanol–water partition coefficient (Wildman–Crippen LogP) is 0.302. The van der Waals surface area contributed by atoms with Crippen molar-refractivity contribution in [3.8, 4) is 0 Å². The minimum absolute atomic E-state index is 0.0694. The topological polar surface area (TPSA) is 70.2 Å². The van der Waals surface area contributed by atoms with Crippen molar-refractivity contribution < 1.29 is 9.59 Å². The first-order valence-electron chi connectivity index (χ1n) is 6.98. The molecule has 2 rings (SSSR count). The van der Waals surface area contributed by atoms with Gasteiger partial charge in [-0.2, -0.15) is 0 Å². The molecule has 2 saturated carbocycles. The molecule has 0 saturated heterocycles. The third-order valence-corrected chi connectivity index (χ3v) is 3.29. The molecule has 0 bridgehead atoms. The second-order valence-corrected chi connectivity index (χ2v) is 5.40. The lowest BCUT2D eigenvalue weighted by molar-refractivity contribution is -0.122. The Morgan fingerprint density at radius 1 is 1.11 bits per heavy atom. The molecule has 0 heterocycles. The quantitative estimate of drug-likeness (QED) is 0.545. The van der Waals surface area contributed by atoms with Crippen LogP contribution in [0, 0.1) is 0 Å². The molecule has 5 nitrogen and oxygen atoms in total. The number of rotatable bonds is 8. The molecule has 1 atom stereocenters. The molecule has 1 unspecified atom stereocenters. The Balaban J connectivity index is 1.48. The maximum atomic E-state index is 11.6. The summed E-state index contributed by atoms with van der Waals surface area (Å²) in [6, 6.07) is 0.678. The maximum absolute atomic E-state index is 11.6. The molecule has 0 radical (unpaired) electrons. The van der Waals surface area contributed by atoms with Crippen molar-refractivity contribution in [1.29, 1.82) is 0 Å². The van der Waals surface area contributed by atoms with Crippen LogP contribution in [0.4, 0.5) is 0 Å². The first-order chi connectivity index (χ1) is 8.65. The van der Waals surface area contributed by atoms with Gasteiger partial charge >= 0.3 is 0 Å². The largest absolute Gasteiger partial charge is 0.353 e. The lowest BCUT2D eigenvalue weighted by Crippen LogP contribution is -2.43. The fourth-order valence-electron chi connectivity index (χ4n) is 1.74. The minimum Gasteiger partial charge on any atom is -0.353 e. The minimum atomic E-state index is -0.169. The zero-order valence-corrected chi connectivity index (χ0v) is 11.0. The predicted molar refractivity (Wildman–Crippen MR) is 69.0 cm³/mol. The molecule has 3 N–H and O–H groups in total. The second kappa shape index (κ2) is 6.18. The molecule has 5 heteroatoms. The van der Waals surface area contributed by atoms with Crippen LogP contribution in [0.5, 0.6) is 0 Å². The summed E-state index contributed by atoms with van der Waals surface area (Å²) in [5, 5.41) is 9.06. The summed E-state index contributed by atoms with van der Waals surface area (Å²) in [6.45, 7) is 2.57. The van der Waals surface area contributed by atoms with Gasteiger partial charge in [-0.3, -0.25) is 9.59 Å². The zero-order valence-electron chi connectivity index (χ0n) is 11.0. The van der Waals surface area contributed by atoms with Crippen LogP contribution < -0.4 is 16.0 Å². The van der Waals surface area contributed by atoms with Gasteiger partial charge in [0.2, 0.25) is 11.8 Å². The van der Waals surface area contributed by atoms with Crippen molar-refractivity contribution in [3.05, 3.63) is 0 Å². The molecular formula is C13H23N3O2. The summed E-state index contributed by atoms with van der Waals surface area (Å²) >= 11 is 0. The van der Waals surface area contributed by atoms with Crippen LogP contribution >= 0.6 is 0 Å². The first kappa shape index (κ1) is 13.3. The van der Waals surface area contributed by atoms with E-state index in [1.54, 1.807) is 0 Å². The number of hydrogen-bond acceptors (Lipinski definition) is 3. The molecule has 2 aliphatic carbocycles. The molecule has 0 aliphatic heterocycles. The van der Waals surface area contributed by atoms with Crippen LogP contribution in [-0.2, 0) is 9.59 Å². The Labute approximate surface area is 108 Å². The van der Waals surface area contributed by atoms with E-state index >= 15 is 0 Å².